The largest absolute Gasteiger partial charge is 0.373 e. The van der Waals surface area contributed by atoms with Crippen LogP contribution >= 0.6 is 24.0 Å². The van der Waals surface area contributed by atoms with Crippen LogP contribution in [-0.4, -0.2) is 55.7 Å². The number of hydrogen-bond donors (Lipinski definition) is 2. The van der Waals surface area contributed by atoms with Crippen molar-refractivity contribution in [2.24, 2.45) is 10.9 Å². The van der Waals surface area contributed by atoms with Gasteiger partial charge in [0.2, 0.25) is 0 Å². The number of nitrogens with one attached hydrogen (secondary N) is 2. The summed E-state index contributed by atoms with van der Waals surface area (Å²) < 4.78 is 6.12. The highest BCUT2D eigenvalue weighted by atomic mass is 127. The zero-order chi connectivity index (χ0) is 20.4. The molecule has 1 aliphatic heterocycles. The molecule has 0 amide bonds. The molecule has 29 heavy (non-hydrogen) atoms. The first-order valence-electron chi connectivity index (χ1n) is 11.0. The minimum absolute atomic E-state index is 0. The van der Waals surface area contributed by atoms with Gasteiger partial charge in [-0.2, -0.15) is 0 Å². The highest BCUT2D eigenvalue weighted by Crippen LogP contribution is 2.33. The maximum absolute atomic E-state index is 6.12. The average molecular weight is 517 g/mol. The minimum atomic E-state index is 0. The molecule has 1 aliphatic rings. The first kappa shape index (κ1) is 26.2. The maximum Gasteiger partial charge on any atom is 0.191 e. The SMILES string of the molecule is CCNC(=NCC1CCCOC1c1ccccc1)NCCN(C(C)C)C(C)C.I. The van der Waals surface area contributed by atoms with E-state index >= 15 is 0 Å². The molecule has 5 nitrogen and oxygen atoms in total. The molecule has 0 aliphatic carbocycles. The molecule has 0 radical (unpaired) electrons. The summed E-state index contributed by atoms with van der Waals surface area (Å²) in [5.74, 6) is 1.33. The van der Waals surface area contributed by atoms with Gasteiger partial charge in [0.05, 0.1) is 6.10 Å². The van der Waals surface area contributed by atoms with Gasteiger partial charge in [-0.25, -0.2) is 0 Å². The Hall–Kier alpha value is -0.860. The molecule has 0 saturated carbocycles. The lowest BCUT2D eigenvalue weighted by Crippen LogP contribution is -2.45. The van der Waals surface area contributed by atoms with E-state index in [4.69, 9.17) is 9.73 Å². The van der Waals surface area contributed by atoms with Crippen LogP contribution in [0, 0.1) is 5.92 Å². The number of ether oxygens (including phenoxy) is 1. The second kappa shape index (κ2) is 14.2. The molecule has 6 heteroatoms. The number of nitrogens with zero attached hydrogens (tertiary/aromatic N) is 2. The topological polar surface area (TPSA) is 48.9 Å². The molecule has 1 aromatic rings. The van der Waals surface area contributed by atoms with Gasteiger partial charge in [0.15, 0.2) is 5.96 Å². The summed E-state index contributed by atoms with van der Waals surface area (Å²) in [7, 11) is 0. The molecule has 0 spiro atoms. The van der Waals surface area contributed by atoms with Crippen LogP contribution in [0.25, 0.3) is 0 Å². The van der Waals surface area contributed by atoms with Gasteiger partial charge < -0.3 is 15.4 Å². The van der Waals surface area contributed by atoms with Crippen LogP contribution in [0.2, 0.25) is 0 Å². The Labute approximate surface area is 195 Å². The number of hydrogen-bond acceptors (Lipinski definition) is 3. The van der Waals surface area contributed by atoms with Crippen LogP contribution in [0.4, 0.5) is 0 Å². The van der Waals surface area contributed by atoms with Crippen molar-refractivity contribution >= 4 is 29.9 Å². The standard InChI is InChI=1S/C23H40N4O.HI/c1-6-24-23(25-14-15-27(18(2)3)19(4)5)26-17-21-13-10-16-28-22(21)20-11-8-7-9-12-20;/h7-9,11-12,18-19,21-22H,6,10,13-17H2,1-5H3,(H2,24,25,26);1H. The number of aliphatic imine (C=N–C) groups is 1. The summed E-state index contributed by atoms with van der Waals surface area (Å²) in [5.41, 5.74) is 1.27. The molecular formula is C23H41IN4O. The molecule has 2 unspecified atom stereocenters. The van der Waals surface area contributed by atoms with Gasteiger partial charge in [-0.3, -0.25) is 9.89 Å². The Kier molecular flexibility index (Phi) is 12.8. The first-order valence-corrected chi connectivity index (χ1v) is 11.0. The predicted octanol–water partition coefficient (Wildman–Crippen LogP) is 4.45. The predicted molar refractivity (Wildman–Crippen MR) is 134 cm³/mol. The van der Waals surface area contributed by atoms with E-state index in [9.17, 15) is 0 Å². The lowest BCUT2D eigenvalue weighted by atomic mass is 9.89. The fourth-order valence-corrected chi connectivity index (χ4v) is 4.01. The van der Waals surface area contributed by atoms with Crippen molar-refractivity contribution in [3.63, 3.8) is 0 Å². The highest BCUT2D eigenvalue weighted by Gasteiger charge is 2.27. The summed E-state index contributed by atoms with van der Waals surface area (Å²) in [6.45, 7) is 15.5. The van der Waals surface area contributed by atoms with Crippen LogP contribution in [0.3, 0.4) is 0 Å². The van der Waals surface area contributed by atoms with Crippen molar-refractivity contribution in [2.45, 2.75) is 65.6 Å². The summed E-state index contributed by atoms with van der Waals surface area (Å²) in [6, 6.07) is 11.7. The lowest BCUT2D eigenvalue weighted by molar-refractivity contribution is -0.0250. The van der Waals surface area contributed by atoms with Crippen molar-refractivity contribution < 1.29 is 4.74 Å². The van der Waals surface area contributed by atoms with Crippen molar-refractivity contribution in [1.82, 2.24) is 15.5 Å². The molecule has 1 heterocycles. The summed E-state index contributed by atoms with van der Waals surface area (Å²) in [5, 5.41) is 6.90. The van der Waals surface area contributed by atoms with Gasteiger partial charge in [0, 0.05) is 50.8 Å². The quantitative estimate of drug-likeness (QED) is 0.290. The van der Waals surface area contributed by atoms with E-state index in [1.54, 1.807) is 0 Å². The van der Waals surface area contributed by atoms with Crippen LogP contribution in [0.5, 0.6) is 0 Å². The van der Waals surface area contributed by atoms with Gasteiger partial charge in [-0.15, -0.1) is 24.0 Å². The van der Waals surface area contributed by atoms with E-state index < -0.39 is 0 Å². The number of halogens is 1. The van der Waals surface area contributed by atoms with Gasteiger partial charge in [0.1, 0.15) is 0 Å². The Bertz CT molecular complexity index is 572. The monoisotopic (exact) mass is 516 g/mol. The van der Waals surface area contributed by atoms with E-state index in [-0.39, 0.29) is 30.1 Å². The zero-order valence-corrected chi connectivity index (χ0v) is 21.2. The van der Waals surface area contributed by atoms with Crippen molar-refractivity contribution in [3.05, 3.63) is 35.9 Å². The Morgan fingerprint density at radius 1 is 1.14 bits per heavy atom. The third-order valence-electron chi connectivity index (χ3n) is 5.39. The molecule has 1 saturated heterocycles. The number of rotatable bonds is 9. The maximum atomic E-state index is 6.12. The lowest BCUT2D eigenvalue weighted by Gasteiger charge is -2.32. The van der Waals surface area contributed by atoms with E-state index in [2.05, 4.69) is 80.5 Å². The second-order valence-corrected chi connectivity index (χ2v) is 8.18. The van der Waals surface area contributed by atoms with Gasteiger partial charge in [-0.05, 0) is 53.0 Å². The summed E-state index contributed by atoms with van der Waals surface area (Å²) >= 11 is 0. The van der Waals surface area contributed by atoms with Gasteiger partial charge >= 0.3 is 0 Å². The fraction of sp³-hybridized carbons (Fsp3) is 0.696. The van der Waals surface area contributed by atoms with Crippen LogP contribution in [0.15, 0.2) is 35.3 Å². The normalized spacial score (nSPS) is 20.1. The molecule has 166 valence electrons. The Morgan fingerprint density at radius 2 is 1.83 bits per heavy atom. The zero-order valence-electron chi connectivity index (χ0n) is 18.9. The molecule has 2 atom stereocenters. The van der Waals surface area contributed by atoms with E-state index in [0.717, 1.165) is 51.6 Å². The van der Waals surface area contributed by atoms with Crippen LogP contribution < -0.4 is 10.6 Å². The van der Waals surface area contributed by atoms with E-state index in [1.165, 1.54) is 5.56 Å². The van der Waals surface area contributed by atoms with Crippen molar-refractivity contribution in [2.75, 3.05) is 32.8 Å². The smallest absolute Gasteiger partial charge is 0.191 e. The van der Waals surface area contributed by atoms with Gasteiger partial charge in [-0.1, -0.05) is 30.3 Å². The third-order valence-corrected chi connectivity index (χ3v) is 5.39. The Morgan fingerprint density at radius 3 is 2.45 bits per heavy atom. The molecule has 1 aromatic carbocycles. The molecular weight excluding hydrogens is 475 g/mol. The molecule has 2 N–H and O–H groups in total. The average Bonchev–Trinajstić information content (AvgIpc) is 2.69. The summed E-state index contributed by atoms with van der Waals surface area (Å²) in [6.07, 6.45) is 2.43. The number of guanidine groups is 1. The highest BCUT2D eigenvalue weighted by molar-refractivity contribution is 14.0. The van der Waals surface area contributed by atoms with Crippen LogP contribution in [-0.2, 0) is 4.74 Å². The molecule has 0 bridgehead atoms. The third kappa shape index (κ3) is 8.80. The molecule has 1 fully saturated rings. The van der Waals surface area contributed by atoms with Gasteiger partial charge in [0.25, 0.3) is 0 Å². The number of benzene rings is 1. The Balaban J connectivity index is 0.00000420. The molecule has 0 aromatic heterocycles. The van der Waals surface area contributed by atoms with Crippen molar-refractivity contribution in [1.29, 1.82) is 0 Å². The van der Waals surface area contributed by atoms with Crippen molar-refractivity contribution in [3.8, 4) is 0 Å². The van der Waals surface area contributed by atoms with Crippen LogP contribution in [0.1, 0.15) is 59.1 Å². The minimum Gasteiger partial charge on any atom is -0.373 e. The van der Waals surface area contributed by atoms with E-state index in [0.29, 0.717) is 18.0 Å². The molecule has 2 rings (SSSR count). The van der Waals surface area contributed by atoms with E-state index in [1.807, 2.05) is 0 Å². The summed E-state index contributed by atoms with van der Waals surface area (Å²) in [4.78, 5) is 7.39. The second-order valence-electron chi connectivity index (χ2n) is 8.18. The fourth-order valence-electron chi connectivity index (χ4n) is 4.01. The first-order chi connectivity index (χ1) is 13.5.